The van der Waals surface area contributed by atoms with Crippen LogP contribution in [0.5, 0.6) is 11.5 Å². The molecule has 2 heteroatoms. The van der Waals surface area contributed by atoms with Crippen molar-refractivity contribution in [3.63, 3.8) is 0 Å². The normalized spacial score (nSPS) is 29.1. The van der Waals surface area contributed by atoms with Crippen LogP contribution in [0.4, 0.5) is 0 Å². The van der Waals surface area contributed by atoms with Gasteiger partial charge < -0.3 is 10.2 Å². The van der Waals surface area contributed by atoms with Crippen LogP contribution in [0.25, 0.3) is 0 Å². The topological polar surface area (TPSA) is 40.5 Å². The highest BCUT2D eigenvalue weighted by molar-refractivity contribution is 5.40. The van der Waals surface area contributed by atoms with E-state index >= 15 is 0 Å². The van der Waals surface area contributed by atoms with E-state index in [1.54, 1.807) is 0 Å². The van der Waals surface area contributed by atoms with Gasteiger partial charge in [-0.1, -0.05) is 24.3 Å². The number of benzene rings is 2. The van der Waals surface area contributed by atoms with Crippen molar-refractivity contribution < 1.29 is 10.2 Å². The summed E-state index contributed by atoms with van der Waals surface area (Å²) in [6.07, 6.45) is 3.81. The molecular weight excluding hydrogens is 284 g/mol. The predicted molar refractivity (Wildman–Crippen MR) is 92.0 cm³/mol. The van der Waals surface area contributed by atoms with Gasteiger partial charge in [0, 0.05) is 0 Å². The van der Waals surface area contributed by atoms with Crippen molar-refractivity contribution in [1.29, 1.82) is 0 Å². The summed E-state index contributed by atoms with van der Waals surface area (Å²) in [5, 5.41) is 19.5. The molecule has 2 aromatic rings. The summed E-state index contributed by atoms with van der Waals surface area (Å²) in [6, 6.07) is 12.2. The molecule has 0 aliphatic heterocycles. The molecule has 120 valence electrons. The average Bonchev–Trinajstić information content (AvgIpc) is 3.13. The number of hydrogen-bond donors (Lipinski definition) is 2. The van der Waals surface area contributed by atoms with Crippen molar-refractivity contribution in [2.75, 3.05) is 0 Å². The third kappa shape index (κ3) is 2.41. The zero-order chi connectivity index (χ0) is 16.1. The molecule has 2 fully saturated rings. The van der Waals surface area contributed by atoms with Gasteiger partial charge in [-0.25, -0.2) is 0 Å². The highest BCUT2D eigenvalue weighted by Gasteiger charge is 2.46. The minimum atomic E-state index is 0.398. The van der Waals surface area contributed by atoms with Gasteiger partial charge in [-0.3, -0.25) is 0 Å². The fourth-order valence-electron chi connectivity index (χ4n) is 4.91. The van der Waals surface area contributed by atoms with E-state index in [4.69, 9.17) is 0 Å². The molecule has 0 amide bonds. The zero-order valence-electron chi connectivity index (χ0n) is 13.8. The molecule has 0 aromatic heterocycles. The third-order valence-electron chi connectivity index (χ3n) is 6.15. The van der Waals surface area contributed by atoms with Crippen LogP contribution in [0.3, 0.4) is 0 Å². The summed E-state index contributed by atoms with van der Waals surface area (Å²) in [7, 11) is 0. The van der Waals surface area contributed by atoms with E-state index in [2.05, 4.69) is 24.3 Å². The number of phenols is 2. The van der Waals surface area contributed by atoms with Crippen molar-refractivity contribution in [2.24, 2.45) is 11.8 Å². The Morgan fingerprint density at radius 2 is 1.13 bits per heavy atom. The molecule has 0 heterocycles. The summed E-state index contributed by atoms with van der Waals surface area (Å²) in [6.45, 7) is 3.96. The lowest BCUT2D eigenvalue weighted by atomic mass is 9.76. The number of aromatic hydroxyl groups is 2. The van der Waals surface area contributed by atoms with Crippen LogP contribution in [-0.2, 0) is 0 Å². The first kappa shape index (κ1) is 14.6. The molecule has 2 bridgehead atoms. The van der Waals surface area contributed by atoms with E-state index < -0.39 is 0 Å². The SMILES string of the molecule is Cc1cc(C2C[C@@H]3C[C@H]2C[C@H]3c2ccc(O)c(C)c2)ccc1O. The number of phenolic OH excluding ortho intramolecular Hbond substituents is 2. The van der Waals surface area contributed by atoms with Gasteiger partial charge >= 0.3 is 0 Å². The van der Waals surface area contributed by atoms with E-state index in [1.807, 2.05) is 26.0 Å². The summed E-state index contributed by atoms with van der Waals surface area (Å²) in [5.41, 5.74) is 4.76. The number of hydrogen-bond acceptors (Lipinski definition) is 2. The standard InChI is InChI=1S/C21H24O2/c1-12-7-14(3-5-20(12)22)18-10-17-9-16(18)11-19(17)15-4-6-21(23)13(2)8-15/h3-8,16-19,22-23H,9-11H2,1-2H3/t16-,17-,18-,19?/m0/s1. The van der Waals surface area contributed by atoms with Gasteiger partial charge in [-0.05, 0) is 91.2 Å². The van der Waals surface area contributed by atoms with Crippen LogP contribution < -0.4 is 0 Å². The molecule has 23 heavy (non-hydrogen) atoms. The maximum Gasteiger partial charge on any atom is 0.118 e. The second kappa shape index (κ2) is 5.30. The van der Waals surface area contributed by atoms with Crippen LogP contribution >= 0.6 is 0 Å². The fraction of sp³-hybridized carbons (Fsp3) is 0.429. The van der Waals surface area contributed by atoms with Crippen LogP contribution in [-0.4, -0.2) is 10.2 Å². The molecule has 2 N–H and O–H groups in total. The molecule has 0 saturated heterocycles. The van der Waals surface area contributed by atoms with Gasteiger partial charge in [0.15, 0.2) is 0 Å². The molecule has 2 aromatic carbocycles. The maximum atomic E-state index is 9.74. The molecule has 2 nitrogen and oxygen atoms in total. The van der Waals surface area contributed by atoms with Gasteiger partial charge in [-0.2, -0.15) is 0 Å². The molecule has 2 aliphatic carbocycles. The molecular formula is C21H24O2. The fourth-order valence-corrected chi connectivity index (χ4v) is 4.91. The first-order chi connectivity index (χ1) is 11.0. The maximum absolute atomic E-state index is 9.74. The lowest BCUT2D eigenvalue weighted by Crippen LogP contribution is -2.15. The highest BCUT2D eigenvalue weighted by Crippen LogP contribution is 2.59. The quantitative estimate of drug-likeness (QED) is 0.818. The van der Waals surface area contributed by atoms with Crippen LogP contribution in [0.2, 0.25) is 0 Å². The van der Waals surface area contributed by atoms with Crippen molar-refractivity contribution in [3.05, 3.63) is 58.7 Å². The number of rotatable bonds is 2. The smallest absolute Gasteiger partial charge is 0.118 e. The Bertz CT molecular complexity index is 686. The van der Waals surface area contributed by atoms with Crippen molar-refractivity contribution in [2.45, 2.75) is 44.9 Å². The highest BCUT2D eigenvalue weighted by atomic mass is 16.3. The van der Waals surface area contributed by atoms with Gasteiger partial charge in [0.05, 0.1) is 0 Å². The Kier molecular flexibility index (Phi) is 3.37. The van der Waals surface area contributed by atoms with E-state index in [9.17, 15) is 10.2 Å². The Hall–Kier alpha value is -1.96. The van der Waals surface area contributed by atoms with Crippen molar-refractivity contribution in [1.82, 2.24) is 0 Å². The number of fused-ring (bicyclic) bond motifs is 2. The number of aryl methyl sites for hydroxylation is 2. The molecule has 1 unspecified atom stereocenters. The minimum Gasteiger partial charge on any atom is -0.508 e. The van der Waals surface area contributed by atoms with E-state index in [1.165, 1.54) is 30.4 Å². The lowest BCUT2D eigenvalue weighted by Gasteiger charge is -2.29. The molecule has 0 radical (unpaired) electrons. The van der Waals surface area contributed by atoms with Crippen molar-refractivity contribution >= 4 is 0 Å². The monoisotopic (exact) mass is 308 g/mol. The summed E-state index contributed by atoms with van der Waals surface area (Å²) >= 11 is 0. The summed E-state index contributed by atoms with van der Waals surface area (Å²) in [4.78, 5) is 0. The first-order valence-corrected chi connectivity index (χ1v) is 8.62. The minimum absolute atomic E-state index is 0.398. The van der Waals surface area contributed by atoms with Gasteiger partial charge in [0.1, 0.15) is 11.5 Å². The Morgan fingerprint density at radius 3 is 1.48 bits per heavy atom. The molecule has 2 saturated carbocycles. The predicted octanol–water partition coefficient (Wildman–Crippen LogP) is 5.01. The summed E-state index contributed by atoms with van der Waals surface area (Å²) < 4.78 is 0. The van der Waals surface area contributed by atoms with Gasteiger partial charge in [0.25, 0.3) is 0 Å². The van der Waals surface area contributed by atoms with Gasteiger partial charge in [0.2, 0.25) is 0 Å². The third-order valence-corrected chi connectivity index (χ3v) is 6.15. The Morgan fingerprint density at radius 1 is 0.696 bits per heavy atom. The van der Waals surface area contributed by atoms with E-state index in [-0.39, 0.29) is 0 Å². The zero-order valence-corrected chi connectivity index (χ0v) is 13.8. The van der Waals surface area contributed by atoms with Crippen LogP contribution in [0, 0.1) is 25.7 Å². The lowest BCUT2D eigenvalue weighted by molar-refractivity contribution is 0.374. The second-order valence-electron chi connectivity index (χ2n) is 7.53. The van der Waals surface area contributed by atoms with Crippen molar-refractivity contribution in [3.8, 4) is 11.5 Å². The van der Waals surface area contributed by atoms with E-state index in [0.29, 0.717) is 23.3 Å². The second-order valence-corrected chi connectivity index (χ2v) is 7.53. The largest absolute Gasteiger partial charge is 0.508 e. The summed E-state index contributed by atoms with van der Waals surface area (Å²) in [5.74, 6) is 3.59. The Balaban J connectivity index is 1.55. The van der Waals surface area contributed by atoms with Crippen LogP contribution in [0.15, 0.2) is 36.4 Å². The molecule has 0 spiro atoms. The molecule has 4 rings (SSSR count). The van der Waals surface area contributed by atoms with E-state index in [0.717, 1.165) is 23.0 Å². The first-order valence-electron chi connectivity index (χ1n) is 8.62. The molecule has 4 atom stereocenters. The Labute approximate surface area is 137 Å². The van der Waals surface area contributed by atoms with Gasteiger partial charge in [-0.15, -0.1) is 0 Å². The molecule has 2 aliphatic rings. The average molecular weight is 308 g/mol. The van der Waals surface area contributed by atoms with Crippen LogP contribution in [0.1, 0.15) is 53.4 Å².